The third kappa shape index (κ3) is 3.85. The van der Waals surface area contributed by atoms with E-state index in [0.29, 0.717) is 0 Å². The van der Waals surface area contributed by atoms with E-state index in [1.807, 2.05) is 6.20 Å². The minimum atomic E-state index is 0.891. The van der Waals surface area contributed by atoms with E-state index in [4.69, 9.17) is 0 Å². The summed E-state index contributed by atoms with van der Waals surface area (Å²) in [5, 5.41) is 3.42. The first-order chi connectivity index (χ1) is 7.45. The minimum absolute atomic E-state index is 0.891. The van der Waals surface area contributed by atoms with Gasteiger partial charge in [-0.3, -0.25) is 0 Å². The van der Waals surface area contributed by atoms with Gasteiger partial charge >= 0.3 is 0 Å². The summed E-state index contributed by atoms with van der Waals surface area (Å²) in [7, 11) is 0. The van der Waals surface area contributed by atoms with Crippen LogP contribution in [0.15, 0.2) is 12.5 Å². The zero-order valence-corrected chi connectivity index (χ0v) is 9.72. The summed E-state index contributed by atoms with van der Waals surface area (Å²) in [5.41, 5.74) is 1.16. The lowest BCUT2D eigenvalue weighted by Gasteiger charge is -2.25. The van der Waals surface area contributed by atoms with Crippen LogP contribution < -0.4 is 5.32 Å². The van der Waals surface area contributed by atoms with E-state index in [1.54, 1.807) is 6.33 Å². The van der Waals surface area contributed by atoms with Crippen molar-refractivity contribution in [3.05, 3.63) is 18.2 Å². The van der Waals surface area contributed by atoms with Gasteiger partial charge in [-0.2, -0.15) is 11.8 Å². The topological polar surface area (TPSA) is 44.0 Å². The van der Waals surface area contributed by atoms with E-state index in [9.17, 15) is 0 Å². The lowest BCUT2D eigenvalue weighted by atomic mass is 10.4. The molecular weight excluding hydrogens is 208 g/mol. The van der Waals surface area contributed by atoms with E-state index in [2.05, 4.69) is 31.9 Å². The van der Waals surface area contributed by atoms with Crippen LogP contribution >= 0.6 is 11.8 Å². The lowest BCUT2D eigenvalue weighted by molar-refractivity contribution is 0.301. The molecular formula is C10H18N4S. The molecule has 2 N–H and O–H groups in total. The highest BCUT2D eigenvalue weighted by Crippen LogP contribution is 2.07. The summed E-state index contributed by atoms with van der Waals surface area (Å²) in [6.07, 6.45) is 3.59. The SMILES string of the molecule is c1ncc(CNCCN2CCSCC2)[nH]1. The molecule has 1 fully saturated rings. The number of nitrogens with one attached hydrogen (secondary N) is 2. The van der Waals surface area contributed by atoms with Crippen molar-refractivity contribution in [1.29, 1.82) is 0 Å². The molecule has 0 radical (unpaired) electrons. The van der Waals surface area contributed by atoms with Crippen molar-refractivity contribution in [3.63, 3.8) is 0 Å². The van der Waals surface area contributed by atoms with Gasteiger partial charge in [0.15, 0.2) is 0 Å². The standard InChI is InChI=1S/C10H18N4S/c1(2-14-3-5-15-6-4-14)11-7-10-8-12-9-13-10/h8-9,11H,1-7H2,(H,12,13). The third-order valence-corrected chi connectivity index (χ3v) is 3.52. The van der Waals surface area contributed by atoms with Crippen molar-refractivity contribution in [2.75, 3.05) is 37.7 Å². The smallest absolute Gasteiger partial charge is 0.0922 e. The van der Waals surface area contributed by atoms with E-state index in [-0.39, 0.29) is 0 Å². The second-order valence-electron chi connectivity index (χ2n) is 3.71. The zero-order chi connectivity index (χ0) is 10.3. The van der Waals surface area contributed by atoms with Gasteiger partial charge in [-0.15, -0.1) is 0 Å². The fraction of sp³-hybridized carbons (Fsp3) is 0.700. The Morgan fingerprint density at radius 2 is 2.33 bits per heavy atom. The molecule has 4 nitrogen and oxygen atoms in total. The maximum Gasteiger partial charge on any atom is 0.0922 e. The Bertz CT molecular complexity index is 256. The first-order valence-corrected chi connectivity index (χ1v) is 6.59. The van der Waals surface area contributed by atoms with Gasteiger partial charge in [0.05, 0.1) is 6.33 Å². The lowest BCUT2D eigenvalue weighted by Crippen LogP contribution is -2.37. The van der Waals surface area contributed by atoms with Gasteiger partial charge in [0.1, 0.15) is 0 Å². The molecule has 5 heteroatoms. The Balaban J connectivity index is 1.54. The summed E-state index contributed by atoms with van der Waals surface area (Å²) in [6.45, 7) is 5.60. The Labute approximate surface area is 94.8 Å². The summed E-state index contributed by atoms with van der Waals surface area (Å²) < 4.78 is 0. The van der Waals surface area contributed by atoms with Crippen LogP contribution in [0.1, 0.15) is 5.69 Å². The average Bonchev–Trinajstić information content (AvgIpc) is 2.79. The fourth-order valence-corrected chi connectivity index (χ4v) is 2.65. The van der Waals surface area contributed by atoms with E-state index in [1.165, 1.54) is 24.6 Å². The molecule has 1 saturated heterocycles. The maximum absolute atomic E-state index is 3.98. The quantitative estimate of drug-likeness (QED) is 0.720. The number of H-pyrrole nitrogens is 1. The molecule has 1 aliphatic heterocycles. The van der Waals surface area contributed by atoms with E-state index in [0.717, 1.165) is 25.3 Å². The number of rotatable bonds is 5. The van der Waals surface area contributed by atoms with Crippen molar-refractivity contribution in [3.8, 4) is 0 Å². The van der Waals surface area contributed by atoms with Gasteiger partial charge in [0.25, 0.3) is 0 Å². The molecule has 2 heterocycles. The Morgan fingerprint density at radius 1 is 1.47 bits per heavy atom. The molecule has 0 bridgehead atoms. The molecule has 1 aromatic rings. The number of aromatic amines is 1. The molecule has 2 rings (SSSR count). The monoisotopic (exact) mass is 226 g/mol. The predicted molar refractivity (Wildman–Crippen MR) is 64.1 cm³/mol. The first-order valence-electron chi connectivity index (χ1n) is 5.43. The van der Waals surface area contributed by atoms with Gasteiger partial charge in [0, 0.05) is 56.1 Å². The molecule has 84 valence electrons. The van der Waals surface area contributed by atoms with Gasteiger partial charge in [0.2, 0.25) is 0 Å². The molecule has 0 aromatic carbocycles. The summed E-state index contributed by atoms with van der Waals surface area (Å²) in [6, 6.07) is 0. The summed E-state index contributed by atoms with van der Waals surface area (Å²) in [4.78, 5) is 9.59. The largest absolute Gasteiger partial charge is 0.347 e. The zero-order valence-electron chi connectivity index (χ0n) is 8.91. The molecule has 0 spiro atoms. The normalized spacial score (nSPS) is 18.1. The number of imidazole rings is 1. The molecule has 1 aromatic heterocycles. The van der Waals surface area contributed by atoms with E-state index >= 15 is 0 Å². The minimum Gasteiger partial charge on any atom is -0.347 e. The van der Waals surface area contributed by atoms with Crippen LogP contribution in [0.25, 0.3) is 0 Å². The van der Waals surface area contributed by atoms with Crippen LogP contribution in [-0.4, -0.2) is 52.6 Å². The average molecular weight is 226 g/mol. The van der Waals surface area contributed by atoms with Crippen LogP contribution in [0.4, 0.5) is 0 Å². The van der Waals surface area contributed by atoms with Crippen LogP contribution in [0.3, 0.4) is 0 Å². The summed E-state index contributed by atoms with van der Waals surface area (Å²) in [5.74, 6) is 2.58. The molecule has 15 heavy (non-hydrogen) atoms. The number of aromatic nitrogens is 2. The third-order valence-electron chi connectivity index (χ3n) is 2.58. The highest BCUT2D eigenvalue weighted by atomic mass is 32.2. The molecule has 0 unspecified atom stereocenters. The van der Waals surface area contributed by atoms with Gasteiger partial charge in [-0.1, -0.05) is 0 Å². The molecule has 0 saturated carbocycles. The van der Waals surface area contributed by atoms with Crippen molar-refractivity contribution < 1.29 is 0 Å². The van der Waals surface area contributed by atoms with Crippen molar-refractivity contribution in [1.82, 2.24) is 20.2 Å². The number of nitrogens with zero attached hydrogens (tertiary/aromatic N) is 2. The number of hydrogen-bond acceptors (Lipinski definition) is 4. The van der Waals surface area contributed by atoms with Crippen LogP contribution in [0.5, 0.6) is 0 Å². The number of thioether (sulfide) groups is 1. The fourth-order valence-electron chi connectivity index (χ4n) is 1.67. The highest BCUT2D eigenvalue weighted by molar-refractivity contribution is 7.99. The van der Waals surface area contributed by atoms with Gasteiger partial charge in [-0.05, 0) is 0 Å². The van der Waals surface area contributed by atoms with Gasteiger partial charge < -0.3 is 15.2 Å². The predicted octanol–water partition coefficient (Wildman–Crippen LogP) is 0.548. The Morgan fingerprint density at radius 3 is 3.07 bits per heavy atom. The van der Waals surface area contributed by atoms with Crippen molar-refractivity contribution >= 4 is 11.8 Å². The van der Waals surface area contributed by atoms with Crippen LogP contribution in [0.2, 0.25) is 0 Å². The summed E-state index contributed by atoms with van der Waals surface area (Å²) >= 11 is 2.06. The molecule has 0 atom stereocenters. The van der Waals surface area contributed by atoms with Crippen molar-refractivity contribution in [2.45, 2.75) is 6.54 Å². The molecule has 0 aliphatic carbocycles. The second kappa shape index (κ2) is 6.15. The second-order valence-corrected chi connectivity index (χ2v) is 4.93. The molecule has 0 amide bonds. The van der Waals surface area contributed by atoms with Crippen molar-refractivity contribution in [2.24, 2.45) is 0 Å². The van der Waals surface area contributed by atoms with Gasteiger partial charge in [-0.25, -0.2) is 4.98 Å². The molecule has 1 aliphatic rings. The van der Waals surface area contributed by atoms with E-state index < -0.39 is 0 Å². The highest BCUT2D eigenvalue weighted by Gasteiger charge is 2.08. The van der Waals surface area contributed by atoms with Crippen LogP contribution in [-0.2, 0) is 6.54 Å². The Kier molecular flexibility index (Phi) is 4.50. The Hall–Kier alpha value is -0.520. The maximum atomic E-state index is 3.98. The van der Waals surface area contributed by atoms with Crippen LogP contribution in [0, 0.1) is 0 Å². The first kappa shape index (κ1) is 11.0. The number of hydrogen-bond donors (Lipinski definition) is 2.